The van der Waals surface area contributed by atoms with Crippen molar-refractivity contribution in [2.24, 2.45) is 5.92 Å². The highest BCUT2D eigenvalue weighted by Gasteiger charge is 2.50. The summed E-state index contributed by atoms with van der Waals surface area (Å²) in [5.74, 6) is 0.556. The van der Waals surface area contributed by atoms with Crippen LogP contribution in [0.4, 0.5) is 0 Å². The third kappa shape index (κ3) is 5.06. The van der Waals surface area contributed by atoms with Crippen LogP contribution in [0.25, 0.3) is 0 Å². The van der Waals surface area contributed by atoms with E-state index in [-0.39, 0.29) is 30.4 Å². The maximum absolute atomic E-state index is 14.3. The fraction of sp³-hybridized carbons (Fsp3) is 0.316. The van der Waals surface area contributed by atoms with Crippen LogP contribution in [0, 0.1) is 5.92 Å². The fourth-order valence-corrected chi connectivity index (χ4v) is 7.95. The molecule has 5 nitrogen and oxygen atoms in total. The fourth-order valence-electron chi connectivity index (χ4n) is 7.95. The summed E-state index contributed by atoms with van der Waals surface area (Å²) in [6.07, 6.45) is 2.81. The van der Waals surface area contributed by atoms with Crippen LogP contribution in [0.2, 0.25) is 0 Å². The lowest BCUT2D eigenvalue weighted by Gasteiger charge is -2.38. The van der Waals surface area contributed by atoms with Gasteiger partial charge in [-0.1, -0.05) is 121 Å². The van der Waals surface area contributed by atoms with E-state index in [4.69, 9.17) is 0 Å². The quantitative estimate of drug-likeness (QED) is 0.278. The van der Waals surface area contributed by atoms with Crippen molar-refractivity contribution in [2.45, 2.75) is 36.8 Å². The molecule has 4 aromatic carbocycles. The Bertz CT molecular complexity index is 1460. The zero-order chi connectivity index (χ0) is 29.2. The molecule has 3 aliphatic heterocycles. The Labute approximate surface area is 254 Å². The Morgan fingerprint density at radius 3 is 1.81 bits per heavy atom. The van der Waals surface area contributed by atoms with Gasteiger partial charge in [0.2, 0.25) is 11.8 Å². The highest BCUT2D eigenvalue weighted by Crippen LogP contribution is 2.42. The molecule has 0 unspecified atom stereocenters. The topological polar surface area (TPSA) is 43.9 Å². The first-order chi connectivity index (χ1) is 21.1. The number of amides is 2. The molecule has 0 spiro atoms. The van der Waals surface area contributed by atoms with Crippen LogP contribution < -0.4 is 0 Å². The summed E-state index contributed by atoms with van der Waals surface area (Å²) < 4.78 is 0. The van der Waals surface area contributed by atoms with E-state index in [1.54, 1.807) is 0 Å². The van der Waals surface area contributed by atoms with E-state index in [1.807, 2.05) is 41.3 Å². The van der Waals surface area contributed by atoms with Crippen LogP contribution in [0.15, 0.2) is 121 Å². The highest BCUT2D eigenvalue weighted by atomic mass is 16.2. The average molecular weight is 570 g/mol. The first kappa shape index (κ1) is 27.6. The first-order valence-electron chi connectivity index (χ1n) is 15.7. The van der Waals surface area contributed by atoms with Gasteiger partial charge in [-0.15, -0.1) is 0 Å². The van der Waals surface area contributed by atoms with Gasteiger partial charge in [0.05, 0.1) is 12.6 Å². The maximum atomic E-state index is 14.3. The molecule has 3 aliphatic rings. The van der Waals surface area contributed by atoms with Crippen molar-refractivity contribution in [2.75, 3.05) is 32.7 Å². The molecule has 0 aliphatic carbocycles. The number of hydrogen-bond acceptors (Lipinski definition) is 3. The van der Waals surface area contributed by atoms with E-state index in [9.17, 15) is 9.59 Å². The second kappa shape index (κ2) is 11.8. The summed E-state index contributed by atoms with van der Waals surface area (Å²) in [5.41, 5.74) is 3.81. The molecule has 4 aromatic rings. The number of carbonyl (C=O) groups excluding carboxylic acids is 2. The molecule has 7 rings (SSSR count). The number of hydrogen-bond donors (Lipinski definition) is 0. The Kier molecular flexibility index (Phi) is 7.58. The Morgan fingerprint density at radius 1 is 0.721 bits per heavy atom. The zero-order valence-electron chi connectivity index (χ0n) is 24.6. The van der Waals surface area contributed by atoms with Gasteiger partial charge in [-0.3, -0.25) is 14.5 Å². The van der Waals surface area contributed by atoms with Crippen molar-refractivity contribution in [3.05, 3.63) is 144 Å². The van der Waals surface area contributed by atoms with Crippen molar-refractivity contribution < 1.29 is 9.59 Å². The third-order valence-corrected chi connectivity index (χ3v) is 9.99. The smallest absolute Gasteiger partial charge is 0.242 e. The number of nitrogens with zero attached hydrogens (tertiary/aromatic N) is 3. The van der Waals surface area contributed by atoms with Crippen molar-refractivity contribution in [3.8, 4) is 0 Å². The molecule has 0 radical (unpaired) electrons. The second-order valence-electron chi connectivity index (χ2n) is 12.3. The van der Waals surface area contributed by atoms with Gasteiger partial charge in [-0.25, -0.2) is 0 Å². The normalized spacial score (nSPS) is 21.7. The number of likely N-dealkylation sites (tertiary alicyclic amines) is 3. The van der Waals surface area contributed by atoms with E-state index in [0.29, 0.717) is 18.9 Å². The van der Waals surface area contributed by atoms with E-state index in [1.165, 1.54) is 11.1 Å². The van der Waals surface area contributed by atoms with Crippen molar-refractivity contribution in [1.29, 1.82) is 0 Å². The molecule has 3 saturated heterocycles. The largest absolute Gasteiger partial charge is 0.337 e. The summed E-state index contributed by atoms with van der Waals surface area (Å²) in [6.45, 7) is 3.30. The lowest BCUT2D eigenvalue weighted by Crippen LogP contribution is -2.52. The van der Waals surface area contributed by atoms with Gasteiger partial charge in [0.1, 0.15) is 5.41 Å². The summed E-state index contributed by atoms with van der Waals surface area (Å²) in [7, 11) is 0. The van der Waals surface area contributed by atoms with Gasteiger partial charge in [0, 0.05) is 32.2 Å². The molecule has 0 aromatic heterocycles. The molecule has 0 bridgehead atoms. The summed E-state index contributed by atoms with van der Waals surface area (Å²) in [6, 6.07) is 41.9. The minimum Gasteiger partial charge on any atom is -0.337 e. The molecule has 0 saturated carbocycles. The summed E-state index contributed by atoms with van der Waals surface area (Å²) in [5, 5.41) is 0. The Hall–Kier alpha value is -4.22. The molecular formula is C38H39N3O2. The molecule has 218 valence electrons. The molecule has 3 fully saturated rings. The van der Waals surface area contributed by atoms with Crippen LogP contribution in [-0.4, -0.2) is 65.3 Å². The van der Waals surface area contributed by atoms with Gasteiger partial charge in [-0.2, -0.15) is 0 Å². The average Bonchev–Trinajstić information content (AvgIpc) is 3.64. The lowest BCUT2D eigenvalue weighted by molar-refractivity contribution is -0.142. The highest BCUT2D eigenvalue weighted by molar-refractivity contribution is 5.96. The van der Waals surface area contributed by atoms with E-state index < -0.39 is 5.41 Å². The number of rotatable bonds is 7. The minimum atomic E-state index is -0.754. The second-order valence-corrected chi connectivity index (χ2v) is 12.3. The number of benzene rings is 4. The molecule has 3 heterocycles. The first-order valence-corrected chi connectivity index (χ1v) is 15.7. The molecule has 0 N–H and O–H groups in total. The van der Waals surface area contributed by atoms with Crippen LogP contribution >= 0.6 is 0 Å². The standard InChI is InChI=1S/C38H39N3O2/c42-35(28-39-25-23-38(37(39)43,32-19-9-3-10-20-32)33-21-11-4-12-22-33)41-24-13-18-31-26-40(27-34(31)41)36(29-14-5-1-6-15-29)30-16-7-2-8-17-30/h1-12,14-17,19-22,31,34,36H,13,18,23-28H2/t31-,34+/m1/s1. The van der Waals surface area contributed by atoms with E-state index in [0.717, 1.165) is 43.6 Å². The number of piperidine rings is 1. The van der Waals surface area contributed by atoms with Crippen molar-refractivity contribution >= 4 is 11.8 Å². The molecule has 2 atom stereocenters. The number of fused-ring (bicyclic) bond motifs is 1. The minimum absolute atomic E-state index is 0.0353. The van der Waals surface area contributed by atoms with Crippen LogP contribution in [-0.2, 0) is 15.0 Å². The van der Waals surface area contributed by atoms with Gasteiger partial charge < -0.3 is 9.80 Å². The van der Waals surface area contributed by atoms with Crippen LogP contribution in [0.3, 0.4) is 0 Å². The molecule has 2 amide bonds. The SMILES string of the molecule is O=C(CN1CCC(c2ccccc2)(c2ccccc2)C1=O)N1CCC[C@@H]2CN(C(c3ccccc3)c3ccccc3)C[C@@H]21. The molecular weight excluding hydrogens is 530 g/mol. The van der Waals surface area contributed by atoms with E-state index >= 15 is 0 Å². The van der Waals surface area contributed by atoms with E-state index in [2.05, 4.69) is 94.7 Å². The van der Waals surface area contributed by atoms with Gasteiger partial charge in [0.25, 0.3) is 0 Å². The number of carbonyl (C=O) groups is 2. The monoisotopic (exact) mass is 569 g/mol. The molecule has 5 heteroatoms. The molecule has 43 heavy (non-hydrogen) atoms. The van der Waals surface area contributed by atoms with Crippen LogP contribution in [0.1, 0.15) is 47.6 Å². The van der Waals surface area contributed by atoms with Gasteiger partial charge in [0.15, 0.2) is 0 Å². The summed E-state index contributed by atoms with van der Waals surface area (Å²) >= 11 is 0. The maximum Gasteiger partial charge on any atom is 0.242 e. The van der Waals surface area contributed by atoms with Crippen molar-refractivity contribution in [1.82, 2.24) is 14.7 Å². The van der Waals surface area contributed by atoms with Gasteiger partial charge >= 0.3 is 0 Å². The van der Waals surface area contributed by atoms with Gasteiger partial charge in [-0.05, 0) is 47.4 Å². The third-order valence-electron chi connectivity index (χ3n) is 9.99. The Balaban J connectivity index is 1.11. The summed E-state index contributed by atoms with van der Waals surface area (Å²) in [4.78, 5) is 34.8. The van der Waals surface area contributed by atoms with Crippen LogP contribution in [0.5, 0.6) is 0 Å². The zero-order valence-corrected chi connectivity index (χ0v) is 24.6. The van der Waals surface area contributed by atoms with Crippen molar-refractivity contribution in [3.63, 3.8) is 0 Å². The predicted octanol–water partition coefficient (Wildman–Crippen LogP) is 5.92. The lowest BCUT2D eigenvalue weighted by atomic mass is 9.73. The predicted molar refractivity (Wildman–Crippen MR) is 169 cm³/mol. The Morgan fingerprint density at radius 2 is 1.26 bits per heavy atom.